The van der Waals surface area contributed by atoms with Crippen molar-refractivity contribution in [1.29, 1.82) is 0 Å². The van der Waals surface area contributed by atoms with Gasteiger partial charge in [0.15, 0.2) is 5.76 Å². The fourth-order valence-electron chi connectivity index (χ4n) is 1.28. The number of carbonyl (C=O) groups is 2. The molecule has 0 aliphatic carbocycles. The Labute approximate surface area is 93.4 Å². The summed E-state index contributed by atoms with van der Waals surface area (Å²) in [6.45, 7) is 5.27. The number of furan rings is 1. The largest absolute Gasteiger partial charge is 0.480 e. The number of nitrogens with one attached hydrogen (secondary N) is 1. The van der Waals surface area contributed by atoms with Crippen LogP contribution in [0.3, 0.4) is 0 Å². The molecule has 0 aromatic carbocycles. The van der Waals surface area contributed by atoms with Crippen LogP contribution >= 0.6 is 0 Å². The maximum Gasteiger partial charge on any atom is 0.325 e. The van der Waals surface area contributed by atoms with Gasteiger partial charge in [0.05, 0.1) is 6.26 Å². The first-order valence-electron chi connectivity index (χ1n) is 5.04. The number of carboxylic acids is 1. The quantitative estimate of drug-likeness (QED) is 0.815. The van der Waals surface area contributed by atoms with E-state index in [1.807, 2.05) is 13.8 Å². The Kier molecular flexibility index (Phi) is 3.71. The van der Waals surface area contributed by atoms with Crippen LogP contribution in [0.2, 0.25) is 0 Å². The third-order valence-electron chi connectivity index (χ3n) is 2.24. The van der Waals surface area contributed by atoms with Crippen molar-refractivity contribution in [3.63, 3.8) is 0 Å². The smallest absolute Gasteiger partial charge is 0.325 e. The Balaban J connectivity index is 2.81. The molecule has 0 bridgehead atoms. The molecule has 0 unspecified atom stereocenters. The molecule has 1 heterocycles. The van der Waals surface area contributed by atoms with Crippen LogP contribution in [0.1, 0.15) is 42.8 Å². The van der Waals surface area contributed by atoms with E-state index >= 15 is 0 Å². The molecule has 88 valence electrons. The number of aliphatic carboxylic acids is 1. The molecule has 0 saturated heterocycles. The molecular formula is C11H15NO4. The number of rotatable bonds is 4. The zero-order valence-electron chi connectivity index (χ0n) is 9.48. The highest BCUT2D eigenvalue weighted by molar-refractivity contribution is 5.95. The Hall–Kier alpha value is -1.78. The van der Waals surface area contributed by atoms with Gasteiger partial charge in [-0.1, -0.05) is 13.8 Å². The Morgan fingerprint density at radius 1 is 1.38 bits per heavy atom. The Morgan fingerprint density at radius 3 is 2.50 bits per heavy atom. The van der Waals surface area contributed by atoms with Gasteiger partial charge in [0.2, 0.25) is 0 Å². The van der Waals surface area contributed by atoms with Gasteiger partial charge in [-0.15, -0.1) is 0 Å². The lowest BCUT2D eigenvalue weighted by Gasteiger charge is -2.09. The second kappa shape index (κ2) is 4.83. The van der Waals surface area contributed by atoms with Gasteiger partial charge >= 0.3 is 5.97 Å². The summed E-state index contributed by atoms with van der Waals surface area (Å²) < 4.78 is 5.06. The monoisotopic (exact) mass is 225 g/mol. The number of hydrogen-bond donors (Lipinski definition) is 2. The summed E-state index contributed by atoms with van der Waals surface area (Å²) in [6.07, 6.45) is 1.43. The molecule has 0 aliphatic rings. The van der Waals surface area contributed by atoms with Crippen LogP contribution in [-0.2, 0) is 4.79 Å². The standard InChI is InChI=1S/C11H15NO4/c1-6(2)8-4-5-16-9(8)10(13)12-7(3)11(14)15/h4-7H,1-3H3,(H,12,13)(H,14,15)/t7-/m1/s1. The lowest BCUT2D eigenvalue weighted by Crippen LogP contribution is -2.38. The van der Waals surface area contributed by atoms with Crippen LogP contribution in [0.25, 0.3) is 0 Å². The van der Waals surface area contributed by atoms with Gasteiger partial charge in [-0.2, -0.15) is 0 Å². The average molecular weight is 225 g/mol. The molecule has 0 spiro atoms. The first-order valence-corrected chi connectivity index (χ1v) is 5.04. The van der Waals surface area contributed by atoms with E-state index in [0.717, 1.165) is 5.56 Å². The molecule has 0 radical (unpaired) electrons. The number of carbonyl (C=O) groups excluding carboxylic acids is 1. The number of amides is 1. The average Bonchev–Trinajstić information content (AvgIpc) is 2.65. The van der Waals surface area contributed by atoms with Crippen molar-refractivity contribution >= 4 is 11.9 Å². The SMILES string of the molecule is CC(C)c1ccoc1C(=O)N[C@H](C)C(=O)O. The lowest BCUT2D eigenvalue weighted by molar-refractivity contribution is -0.138. The Bertz CT molecular complexity index is 394. The summed E-state index contributed by atoms with van der Waals surface area (Å²) in [5.74, 6) is -1.24. The summed E-state index contributed by atoms with van der Waals surface area (Å²) in [6, 6.07) is 0.781. The summed E-state index contributed by atoms with van der Waals surface area (Å²) in [4.78, 5) is 22.3. The summed E-state index contributed by atoms with van der Waals surface area (Å²) in [5, 5.41) is 11.0. The van der Waals surface area contributed by atoms with E-state index < -0.39 is 17.9 Å². The lowest BCUT2D eigenvalue weighted by atomic mass is 10.0. The highest BCUT2D eigenvalue weighted by Crippen LogP contribution is 2.20. The van der Waals surface area contributed by atoms with Gasteiger partial charge in [0, 0.05) is 5.56 Å². The number of hydrogen-bond acceptors (Lipinski definition) is 3. The van der Waals surface area contributed by atoms with Crippen molar-refractivity contribution in [2.45, 2.75) is 32.7 Å². The molecule has 2 N–H and O–H groups in total. The van der Waals surface area contributed by atoms with Crippen molar-refractivity contribution in [3.8, 4) is 0 Å². The van der Waals surface area contributed by atoms with Crippen LogP contribution in [0.5, 0.6) is 0 Å². The van der Waals surface area contributed by atoms with Gasteiger partial charge in [-0.3, -0.25) is 9.59 Å². The fourth-order valence-corrected chi connectivity index (χ4v) is 1.28. The summed E-state index contributed by atoms with van der Waals surface area (Å²) in [7, 11) is 0. The third kappa shape index (κ3) is 2.62. The Morgan fingerprint density at radius 2 is 2.00 bits per heavy atom. The van der Waals surface area contributed by atoms with Crippen molar-refractivity contribution < 1.29 is 19.1 Å². The van der Waals surface area contributed by atoms with Crippen molar-refractivity contribution in [3.05, 3.63) is 23.7 Å². The molecule has 5 heteroatoms. The molecule has 1 atom stereocenters. The molecule has 1 amide bonds. The summed E-state index contributed by atoms with van der Waals surface area (Å²) in [5.41, 5.74) is 0.773. The molecule has 1 rings (SSSR count). The molecule has 5 nitrogen and oxygen atoms in total. The van der Waals surface area contributed by atoms with E-state index in [0.29, 0.717) is 0 Å². The van der Waals surface area contributed by atoms with E-state index in [1.54, 1.807) is 6.07 Å². The van der Waals surface area contributed by atoms with E-state index in [1.165, 1.54) is 13.2 Å². The second-order valence-corrected chi connectivity index (χ2v) is 3.89. The highest BCUT2D eigenvalue weighted by atomic mass is 16.4. The zero-order chi connectivity index (χ0) is 12.3. The predicted molar refractivity (Wildman–Crippen MR) is 57.4 cm³/mol. The van der Waals surface area contributed by atoms with Crippen LogP contribution in [0.15, 0.2) is 16.7 Å². The van der Waals surface area contributed by atoms with E-state index in [2.05, 4.69) is 5.32 Å². The summed E-state index contributed by atoms with van der Waals surface area (Å²) >= 11 is 0. The maximum atomic E-state index is 11.7. The minimum Gasteiger partial charge on any atom is -0.480 e. The molecule has 1 aromatic rings. The minimum absolute atomic E-state index is 0.152. The molecule has 1 aromatic heterocycles. The van der Waals surface area contributed by atoms with E-state index in [9.17, 15) is 9.59 Å². The maximum absolute atomic E-state index is 11.7. The normalized spacial score (nSPS) is 12.5. The van der Waals surface area contributed by atoms with E-state index in [4.69, 9.17) is 9.52 Å². The molecule has 0 fully saturated rings. The van der Waals surface area contributed by atoms with Gasteiger partial charge in [0.25, 0.3) is 5.91 Å². The van der Waals surface area contributed by atoms with Gasteiger partial charge in [-0.25, -0.2) is 0 Å². The molecule has 0 saturated carbocycles. The first-order chi connectivity index (χ1) is 7.43. The topological polar surface area (TPSA) is 79.5 Å². The molecular weight excluding hydrogens is 210 g/mol. The van der Waals surface area contributed by atoms with Crippen molar-refractivity contribution in [2.24, 2.45) is 0 Å². The minimum atomic E-state index is -1.08. The predicted octanol–water partition coefficient (Wildman–Crippen LogP) is 1.61. The van der Waals surface area contributed by atoms with Crippen LogP contribution in [-0.4, -0.2) is 23.0 Å². The van der Waals surface area contributed by atoms with Crippen LogP contribution in [0.4, 0.5) is 0 Å². The van der Waals surface area contributed by atoms with Crippen LogP contribution < -0.4 is 5.32 Å². The first kappa shape index (κ1) is 12.3. The zero-order valence-corrected chi connectivity index (χ0v) is 9.48. The van der Waals surface area contributed by atoms with E-state index in [-0.39, 0.29) is 11.7 Å². The highest BCUT2D eigenvalue weighted by Gasteiger charge is 2.21. The third-order valence-corrected chi connectivity index (χ3v) is 2.24. The fraction of sp³-hybridized carbons (Fsp3) is 0.455. The van der Waals surface area contributed by atoms with Crippen molar-refractivity contribution in [1.82, 2.24) is 5.32 Å². The van der Waals surface area contributed by atoms with Gasteiger partial charge in [-0.05, 0) is 18.9 Å². The van der Waals surface area contributed by atoms with Crippen LogP contribution in [0, 0.1) is 0 Å². The van der Waals surface area contributed by atoms with Gasteiger partial charge in [0.1, 0.15) is 6.04 Å². The second-order valence-electron chi connectivity index (χ2n) is 3.89. The molecule has 16 heavy (non-hydrogen) atoms. The molecule has 0 aliphatic heterocycles. The van der Waals surface area contributed by atoms with Gasteiger partial charge < -0.3 is 14.8 Å². The number of carboxylic acid groups (broad SMARTS) is 1. The van der Waals surface area contributed by atoms with Crippen molar-refractivity contribution in [2.75, 3.05) is 0 Å².